The van der Waals surface area contributed by atoms with Crippen molar-refractivity contribution >= 4 is 29.6 Å². The number of aliphatic hydroxyl groups excluding tert-OH is 1. The maximum absolute atomic E-state index is 12.3. The van der Waals surface area contributed by atoms with Gasteiger partial charge in [0.15, 0.2) is 0 Å². The average molecular weight is 449 g/mol. The minimum Gasteiger partial charge on any atom is -0.467 e. The lowest BCUT2D eigenvalue weighted by atomic mass is 10.1. The highest BCUT2D eigenvalue weighted by Crippen LogP contribution is 2.17. The van der Waals surface area contributed by atoms with Crippen LogP contribution in [0.4, 0.5) is 4.79 Å². The molecule has 9 heteroatoms. The summed E-state index contributed by atoms with van der Waals surface area (Å²) in [6.07, 6.45) is -2.06. The summed E-state index contributed by atoms with van der Waals surface area (Å²) in [6.45, 7) is -0.0967. The first-order chi connectivity index (χ1) is 14.9. The third-order valence-electron chi connectivity index (χ3n) is 4.32. The molecule has 0 unspecified atom stereocenters. The van der Waals surface area contributed by atoms with Crippen LogP contribution < -0.4 is 10.6 Å². The fraction of sp³-hybridized carbons (Fsp3) is 0.318. The molecule has 0 aliphatic heterocycles. The molecule has 31 heavy (non-hydrogen) atoms. The molecule has 0 saturated carbocycles. The van der Waals surface area contributed by atoms with Crippen molar-refractivity contribution in [3.63, 3.8) is 0 Å². The molecule has 0 aromatic heterocycles. The van der Waals surface area contributed by atoms with Crippen LogP contribution in [0, 0.1) is 0 Å². The molecule has 0 bridgehead atoms. The van der Waals surface area contributed by atoms with E-state index >= 15 is 0 Å². The summed E-state index contributed by atoms with van der Waals surface area (Å²) in [7, 11) is 1.22. The highest BCUT2D eigenvalue weighted by Gasteiger charge is 2.24. The van der Waals surface area contributed by atoms with E-state index in [9.17, 15) is 19.5 Å². The van der Waals surface area contributed by atoms with E-state index in [4.69, 9.17) is 21.1 Å². The predicted molar refractivity (Wildman–Crippen MR) is 114 cm³/mol. The smallest absolute Gasteiger partial charge is 0.407 e. The molecule has 2 atom stereocenters. The number of amides is 2. The van der Waals surface area contributed by atoms with Crippen LogP contribution in [0.5, 0.6) is 0 Å². The minimum atomic E-state index is -1.16. The highest BCUT2D eigenvalue weighted by atomic mass is 35.5. The van der Waals surface area contributed by atoms with Crippen LogP contribution in [0.1, 0.15) is 17.5 Å². The van der Waals surface area contributed by atoms with Crippen molar-refractivity contribution in [2.45, 2.75) is 31.6 Å². The van der Waals surface area contributed by atoms with Crippen LogP contribution in [0.15, 0.2) is 54.6 Å². The van der Waals surface area contributed by atoms with Gasteiger partial charge in [-0.3, -0.25) is 4.79 Å². The summed E-state index contributed by atoms with van der Waals surface area (Å²) in [5.41, 5.74) is 1.49. The molecular weight excluding hydrogens is 424 g/mol. The molecule has 0 radical (unpaired) electrons. The average Bonchev–Trinajstić information content (AvgIpc) is 2.77. The summed E-state index contributed by atoms with van der Waals surface area (Å²) < 4.78 is 9.78. The second kappa shape index (κ2) is 12.6. The minimum absolute atomic E-state index is 0.0894. The molecule has 0 spiro atoms. The van der Waals surface area contributed by atoms with Crippen molar-refractivity contribution in [2.24, 2.45) is 0 Å². The van der Waals surface area contributed by atoms with E-state index in [1.807, 2.05) is 30.3 Å². The largest absolute Gasteiger partial charge is 0.467 e. The van der Waals surface area contributed by atoms with E-state index < -0.39 is 30.1 Å². The number of hydrogen-bond acceptors (Lipinski definition) is 6. The monoisotopic (exact) mass is 448 g/mol. The van der Waals surface area contributed by atoms with Gasteiger partial charge in [-0.05, 0) is 17.2 Å². The standard InChI is InChI=1S/C22H25ClN2O6/c1-30-21(28)19(11-16-9-5-6-10-18(16)23)25-20(27)12-17(26)13-24-22(29)31-14-15-7-3-2-4-8-15/h2-10,17,19,26H,11-14H2,1H3,(H,24,29)(H,25,27)/t17-,19-/m0/s1. The molecule has 2 aromatic carbocycles. The van der Waals surface area contributed by atoms with Crippen LogP contribution in [0.25, 0.3) is 0 Å². The molecule has 0 aliphatic carbocycles. The fourth-order valence-electron chi connectivity index (χ4n) is 2.73. The van der Waals surface area contributed by atoms with Gasteiger partial charge in [-0.15, -0.1) is 0 Å². The Bertz CT molecular complexity index is 877. The lowest BCUT2D eigenvalue weighted by Gasteiger charge is -2.18. The van der Waals surface area contributed by atoms with Gasteiger partial charge in [0.2, 0.25) is 5.91 Å². The number of hydrogen-bond donors (Lipinski definition) is 3. The van der Waals surface area contributed by atoms with Crippen molar-refractivity contribution < 1.29 is 29.0 Å². The maximum Gasteiger partial charge on any atom is 0.407 e. The van der Waals surface area contributed by atoms with E-state index in [-0.39, 0.29) is 26.0 Å². The first kappa shape index (κ1) is 24.2. The van der Waals surface area contributed by atoms with Crippen molar-refractivity contribution in [3.05, 3.63) is 70.7 Å². The van der Waals surface area contributed by atoms with Crippen LogP contribution >= 0.6 is 11.6 Å². The number of alkyl carbamates (subject to hydrolysis) is 1. The Morgan fingerprint density at radius 1 is 1.06 bits per heavy atom. The summed E-state index contributed by atoms with van der Waals surface area (Å²) in [6, 6.07) is 15.1. The van der Waals surface area contributed by atoms with Crippen molar-refractivity contribution in [1.82, 2.24) is 10.6 Å². The zero-order valence-corrected chi connectivity index (χ0v) is 17.8. The number of methoxy groups -OCH3 is 1. The summed E-state index contributed by atoms with van der Waals surface area (Å²) >= 11 is 6.12. The number of nitrogens with one attached hydrogen (secondary N) is 2. The molecule has 2 rings (SSSR count). The van der Waals surface area contributed by atoms with Gasteiger partial charge >= 0.3 is 12.1 Å². The Kier molecular flexibility index (Phi) is 9.80. The van der Waals surface area contributed by atoms with Gasteiger partial charge in [-0.25, -0.2) is 9.59 Å². The van der Waals surface area contributed by atoms with E-state index in [2.05, 4.69) is 10.6 Å². The molecule has 166 valence electrons. The molecule has 2 aromatic rings. The maximum atomic E-state index is 12.3. The van der Waals surface area contributed by atoms with Gasteiger partial charge in [0.1, 0.15) is 12.6 Å². The Hall–Kier alpha value is -3.10. The lowest BCUT2D eigenvalue weighted by Crippen LogP contribution is -2.45. The third kappa shape index (κ3) is 8.65. The summed E-state index contributed by atoms with van der Waals surface area (Å²) in [5.74, 6) is -1.21. The van der Waals surface area contributed by atoms with Crippen molar-refractivity contribution in [1.29, 1.82) is 0 Å². The van der Waals surface area contributed by atoms with Crippen LogP contribution in [-0.4, -0.2) is 48.9 Å². The quantitative estimate of drug-likeness (QED) is 0.480. The molecule has 0 aliphatic rings. The molecule has 0 fully saturated rings. The summed E-state index contributed by atoms with van der Waals surface area (Å²) in [4.78, 5) is 36.0. The first-order valence-corrected chi connectivity index (χ1v) is 10.00. The van der Waals surface area contributed by atoms with Crippen LogP contribution in [0.3, 0.4) is 0 Å². The fourth-order valence-corrected chi connectivity index (χ4v) is 2.95. The number of esters is 1. The molecule has 8 nitrogen and oxygen atoms in total. The summed E-state index contributed by atoms with van der Waals surface area (Å²) in [5, 5.41) is 15.4. The predicted octanol–water partition coefficient (Wildman–Crippen LogP) is 2.22. The van der Waals surface area contributed by atoms with Gasteiger partial charge in [-0.1, -0.05) is 60.1 Å². The molecule has 0 saturated heterocycles. The molecule has 0 heterocycles. The number of ether oxygens (including phenoxy) is 2. The van der Waals surface area contributed by atoms with Gasteiger partial charge in [0, 0.05) is 18.0 Å². The second-order valence-corrected chi connectivity index (χ2v) is 7.15. The van der Waals surface area contributed by atoms with E-state index in [0.29, 0.717) is 10.6 Å². The van der Waals surface area contributed by atoms with Gasteiger partial charge < -0.3 is 25.2 Å². The highest BCUT2D eigenvalue weighted by molar-refractivity contribution is 6.31. The lowest BCUT2D eigenvalue weighted by molar-refractivity contribution is -0.145. The Labute approximate surface area is 185 Å². The zero-order chi connectivity index (χ0) is 22.6. The molecular formula is C22H25ClN2O6. The number of benzene rings is 2. The van der Waals surface area contributed by atoms with Gasteiger partial charge in [0.25, 0.3) is 0 Å². The van der Waals surface area contributed by atoms with E-state index in [0.717, 1.165) is 5.56 Å². The zero-order valence-electron chi connectivity index (χ0n) is 17.0. The number of aliphatic hydroxyl groups is 1. The Morgan fingerprint density at radius 2 is 1.74 bits per heavy atom. The Balaban J connectivity index is 1.78. The molecule has 2 amide bonds. The molecule has 3 N–H and O–H groups in total. The van der Waals surface area contributed by atoms with Crippen LogP contribution in [0.2, 0.25) is 5.02 Å². The van der Waals surface area contributed by atoms with Gasteiger partial charge in [0.05, 0.1) is 19.6 Å². The third-order valence-corrected chi connectivity index (χ3v) is 4.69. The topological polar surface area (TPSA) is 114 Å². The first-order valence-electron chi connectivity index (χ1n) is 9.62. The second-order valence-electron chi connectivity index (χ2n) is 6.74. The number of halogens is 1. The van der Waals surface area contributed by atoms with Crippen molar-refractivity contribution in [3.8, 4) is 0 Å². The number of carbonyl (C=O) groups excluding carboxylic acids is 3. The Morgan fingerprint density at radius 3 is 2.42 bits per heavy atom. The SMILES string of the molecule is COC(=O)[C@H](Cc1ccccc1Cl)NC(=O)C[C@H](O)CNC(=O)OCc1ccccc1. The van der Waals surface area contributed by atoms with Crippen molar-refractivity contribution in [2.75, 3.05) is 13.7 Å². The van der Waals surface area contributed by atoms with Crippen LogP contribution in [-0.2, 0) is 32.1 Å². The number of carbonyl (C=O) groups is 3. The normalized spacial score (nSPS) is 12.4. The number of rotatable bonds is 10. The van der Waals surface area contributed by atoms with E-state index in [1.54, 1.807) is 24.3 Å². The van der Waals surface area contributed by atoms with E-state index in [1.165, 1.54) is 7.11 Å². The van der Waals surface area contributed by atoms with Gasteiger partial charge in [-0.2, -0.15) is 0 Å².